The van der Waals surface area contributed by atoms with Gasteiger partial charge < -0.3 is 20.3 Å². The average Bonchev–Trinajstić information content (AvgIpc) is 3.36. The summed E-state index contributed by atoms with van der Waals surface area (Å²) in [7, 11) is 3.28. The van der Waals surface area contributed by atoms with Crippen LogP contribution in [-0.4, -0.2) is 63.7 Å². The predicted molar refractivity (Wildman–Crippen MR) is 99.6 cm³/mol. The minimum absolute atomic E-state index is 0.00351. The Balaban J connectivity index is 1.52. The molecule has 0 radical (unpaired) electrons. The topological polar surface area (TPSA) is 93.7 Å². The summed E-state index contributed by atoms with van der Waals surface area (Å²) in [6.45, 7) is 2.84. The third-order valence-corrected chi connectivity index (χ3v) is 5.64. The molecule has 2 aliphatic rings. The molecule has 8 nitrogen and oxygen atoms in total. The molecular formula is C19H23N5O3. The summed E-state index contributed by atoms with van der Waals surface area (Å²) in [5, 5.41) is 4.27. The third-order valence-electron chi connectivity index (χ3n) is 5.64. The van der Waals surface area contributed by atoms with Crippen LogP contribution >= 0.6 is 0 Å². The number of hydrogen-bond donors (Lipinski definition) is 1. The van der Waals surface area contributed by atoms with Crippen LogP contribution in [0.3, 0.4) is 0 Å². The number of benzene rings is 1. The minimum Gasteiger partial charge on any atom is -0.496 e. The third kappa shape index (κ3) is 2.63. The van der Waals surface area contributed by atoms with Crippen molar-refractivity contribution in [3.63, 3.8) is 0 Å². The lowest BCUT2D eigenvalue weighted by molar-refractivity contribution is 0.0521. The summed E-state index contributed by atoms with van der Waals surface area (Å²) in [6.07, 6.45) is 0.786. The van der Waals surface area contributed by atoms with Gasteiger partial charge in [-0.2, -0.15) is 5.10 Å². The highest BCUT2D eigenvalue weighted by Gasteiger charge is 2.48. The fourth-order valence-corrected chi connectivity index (χ4v) is 4.12. The van der Waals surface area contributed by atoms with Crippen molar-refractivity contribution >= 4 is 17.6 Å². The molecule has 0 aliphatic carbocycles. The molecule has 0 spiro atoms. The monoisotopic (exact) mass is 369 g/mol. The molecule has 3 heterocycles. The lowest BCUT2D eigenvalue weighted by atomic mass is 10.1. The van der Waals surface area contributed by atoms with E-state index in [4.69, 9.17) is 10.5 Å². The van der Waals surface area contributed by atoms with Gasteiger partial charge in [0.15, 0.2) is 5.69 Å². The highest BCUT2D eigenvalue weighted by Crippen LogP contribution is 2.34. The van der Waals surface area contributed by atoms with Crippen molar-refractivity contribution < 1.29 is 14.3 Å². The zero-order valence-corrected chi connectivity index (χ0v) is 15.7. The molecule has 0 saturated carbocycles. The van der Waals surface area contributed by atoms with Gasteiger partial charge in [-0.1, -0.05) is 12.1 Å². The summed E-state index contributed by atoms with van der Waals surface area (Å²) >= 11 is 0. The van der Waals surface area contributed by atoms with Crippen LogP contribution in [0, 0.1) is 6.92 Å². The summed E-state index contributed by atoms with van der Waals surface area (Å²) in [5.41, 5.74) is 7.58. The number of nitrogens with two attached hydrogens (primary N) is 1. The Morgan fingerprint density at radius 3 is 2.33 bits per heavy atom. The van der Waals surface area contributed by atoms with Crippen LogP contribution in [0.25, 0.3) is 0 Å². The number of amides is 2. The second kappa shape index (κ2) is 6.29. The molecule has 2 bridgehead atoms. The van der Waals surface area contributed by atoms with E-state index in [-0.39, 0.29) is 23.9 Å². The fourth-order valence-electron chi connectivity index (χ4n) is 4.12. The first-order valence-electron chi connectivity index (χ1n) is 8.96. The van der Waals surface area contributed by atoms with E-state index in [2.05, 4.69) is 5.10 Å². The molecule has 142 valence electrons. The Bertz CT molecular complexity index is 922. The summed E-state index contributed by atoms with van der Waals surface area (Å²) < 4.78 is 6.84. The highest BCUT2D eigenvalue weighted by molar-refractivity contribution is 5.98. The number of carbonyl (C=O) groups excluding carboxylic acids is 2. The van der Waals surface area contributed by atoms with Crippen LogP contribution in [0.5, 0.6) is 5.75 Å². The smallest absolute Gasteiger partial charge is 0.275 e. The molecule has 0 unspecified atom stereocenters. The highest BCUT2D eigenvalue weighted by atomic mass is 16.5. The maximum Gasteiger partial charge on any atom is 0.275 e. The zero-order valence-electron chi connectivity index (χ0n) is 15.7. The Morgan fingerprint density at radius 1 is 1.15 bits per heavy atom. The van der Waals surface area contributed by atoms with Gasteiger partial charge in [-0.25, -0.2) is 0 Å². The molecule has 2 amide bonds. The summed E-state index contributed by atoms with van der Waals surface area (Å²) in [4.78, 5) is 29.6. The van der Waals surface area contributed by atoms with Gasteiger partial charge in [0.25, 0.3) is 11.8 Å². The number of nitrogens with zero attached hydrogens (tertiary/aromatic N) is 4. The van der Waals surface area contributed by atoms with E-state index < -0.39 is 0 Å². The van der Waals surface area contributed by atoms with Crippen LogP contribution in [0.2, 0.25) is 0 Å². The Kier molecular flexibility index (Phi) is 4.05. The molecule has 2 aromatic rings. The van der Waals surface area contributed by atoms with Crippen LogP contribution in [0.15, 0.2) is 24.3 Å². The molecule has 27 heavy (non-hydrogen) atoms. The largest absolute Gasteiger partial charge is 0.496 e. The van der Waals surface area contributed by atoms with E-state index in [1.54, 1.807) is 33.2 Å². The van der Waals surface area contributed by atoms with Crippen molar-refractivity contribution in [1.29, 1.82) is 0 Å². The van der Waals surface area contributed by atoms with E-state index in [0.29, 0.717) is 41.5 Å². The quantitative estimate of drug-likeness (QED) is 0.873. The maximum absolute atomic E-state index is 13.0. The van der Waals surface area contributed by atoms with Crippen LogP contribution in [0.1, 0.15) is 32.8 Å². The molecule has 2 fully saturated rings. The van der Waals surface area contributed by atoms with Crippen molar-refractivity contribution in [2.75, 3.05) is 25.9 Å². The van der Waals surface area contributed by atoms with Gasteiger partial charge in [0, 0.05) is 25.7 Å². The van der Waals surface area contributed by atoms with Crippen molar-refractivity contribution in [3.05, 3.63) is 41.1 Å². The molecule has 2 saturated heterocycles. The van der Waals surface area contributed by atoms with Crippen LogP contribution in [0.4, 0.5) is 5.82 Å². The maximum atomic E-state index is 13.0. The van der Waals surface area contributed by atoms with E-state index in [1.165, 1.54) is 4.68 Å². The number of methoxy groups -OCH3 is 1. The van der Waals surface area contributed by atoms with E-state index in [0.717, 1.165) is 6.42 Å². The zero-order chi connectivity index (χ0) is 19.3. The number of aromatic nitrogens is 2. The molecule has 1 aromatic carbocycles. The second-order valence-corrected chi connectivity index (χ2v) is 7.14. The average molecular weight is 369 g/mol. The number of ether oxygens (including phenoxy) is 1. The Morgan fingerprint density at radius 2 is 1.78 bits per heavy atom. The van der Waals surface area contributed by atoms with Gasteiger partial charge in [0.1, 0.15) is 11.6 Å². The number of nitrogen functional groups attached to an aromatic ring is 1. The van der Waals surface area contributed by atoms with Crippen molar-refractivity contribution in [3.8, 4) is 5.75 Å². The molecule has 2 N–H and O–H groups in total. The van der Waals surface area contributed by atoms with Crippen molar-refractivity contribution in [1.82, 2.24) is 19.6 Å². The van der Waals surface area contributed by atoms with E-state index in [1.807, 2.05) is 21.9 Å². The molecule has 2 atom stereocenters. The van der Waals surface area contributed by atoms with E-state index in [9.17, 15) is 9.59 Å². The first-order valence-corrected chi connectivity index (χ1v) is 8.96. The van der Waals surface area contributed by atoms with E-state index >= 15 is 0 Å². The number of anilines is 1. The summed E-state index contributed by atoms with van der Waals surface area (Å²) in [6, 6.07) is 7.24. The predicted octanol–water partition coefficient (Wildman–Crippen LogP) is 1.06. The molecular weight excluding hydrogens is 346 g/mol. The molecule has 2 aliphatic heterocycles. The number of carbonyl (C=O) groups is 2. The van der Waals surface area contributed by atoms with Gasteiger partial charge in [-0.3, -0.25) is 14.3 Å². The number of para-hydroxylation sites is 1. The van der Waals surface area contributed by atoms with Crippen molar-refractivity contribution in [2.45, 2.75) is 25.4 Å². The van der Waals surface area contributed by atoms with Crippen LogP contribution < -0.4 is 10.5 Å². The SMILES string of the molecule is COc1ccccc1C(=O)N1C[C@@H]2C[C@H]1CN2C(=O)c1nn(C)c(N)c1C. The number of fused-ring (bicyclic) bond motifs is 2. The van der Waals surface area contributed by atoms with Gasteiger partial charge >= 0.3 is 0 Å². The summed E-state index contributed by atoms with van der Waals surface area (Å²) in [5.74, 6) is 0.899. The standard InChI is InChI=1S/C19H23N5O3/c1-11-16(21-22(2)17(11)20)19(26)24-10-12-8-13(24)9-23(12)18(25)14-6-4-5-7-15(14)27-3/h4-7,12-13H,8-10,20H2,1-3H3/t12-,13-/m0/s1. The van der Waals surface area contributed by atoms with Crippen molar-refractivity contribution in [2.24, 2.45) is 7.05 Å². The lowest BCUT2D eigenvalue weighted by Crippen LogP contribution is -2.50. The first kappa shape index (κ1) is 17.4. The normalized spacial score (nSPS) is 21.0. The molecule has 4 rings (SSSR count). The van der Waals surface area contributed by atoms with Crippen LogP contribution in [-0.2, 0) is 7.05 Å². The van der Waals surface area contributed by atoms with Gasteiger partial charge in [-0.05, 0) is 25.5 Å². The van der Waals surface area contributed by atoms with Gasteiger partial charge in [0.05, 0.1) is 24.8 Å². The lowest BCUT2D eigenvalue weighted by Gasteiger charge is -2.34. The molecule has 8 heteroatoms. The van der Waals surface area contributed by atoms with Gasteiger partial charge in [0.2, 0.25) is 0 Å². The Labute approximate surface area is 157 Å². The number of aryl methyl sites for hydroxylation is 1. The number of rotatable bonds is 3. The number of likely N-dealkylation sites (tertiary alicyclic amines) is 2. The number of hydrogen-bond acceptors (Lipinski definition) is 5. The first-order chi connectivity index (χ1) is 12.9. The molecule has 1 aromatic heterocycles. The second-order valence-electron chi connectivity index (χ2n) is 7.14. The fraction of sp³-hybridized carbons (Fsp3) is 0.421. The van der Waals surface area contributed by atoms with Gasteiger partial charge in [-0.15, -0.1) is 0 Å². The Hall–Kier alpha value is -3.03. The number of piperazine rings is 1. The minimum atomic E-state index is -0.114.